The summed E-state index contributed by atoms with van der Waals surface area (Å²) < 4.78 is 0. The Hall–Kier alpha value is 0.310. The zero-order valence-corrected chi connectivity index (χ0v) is 10.2. The maximum absolute atomic E-state index is 4.37. The summed E-state index contributed by atoms with van der Waals surface area (Å²) in [6.07, 6.45) is 5.99. The van der Waals surface area contributed by atoms with E-state index in [2.05, 4.69) is 24.5 Å². The van der Waals surface area contributed by atoms with Crippen LogP contribution in [-0.2, 0) is 0 Å². The SMILES string of the molecule is CC(CS)CN1CC2CCCC(C2)C1. The molecule has 0 aromatic rings. The van der Waals surface area contributed by atoms with Crippen molar-refractivity contribution < 1.29 is 0 Å². The molecule has 2 aliphatic rings. The van der Waals surface area contributed by atoms with Crippen molar-refractivity contribution in [2.75, 3.05) is 25.4 Å². The Morgan fingerprint density at radius 3 is 2.50 bits per heavy atom. The van der Waals surface area contributed by atoms with Crippen LogP contribution in [0.5, 0.6) is 0 Å². The molecule has 14 heavy (non-hydrogen) atoms. The van der Waals surface area contributed by atoms with E-state index in [9.17, 15) is 0 Å². The Kier molecular flexibility index (Phi) is 3.78. The molecule has 82 valence electrons. The number of fused-ring (bicyclic) bond motifs is 2. The monoisotopic (exact) mass is 213 g/mol. The molecule has 0 N–H and O–H groups in total. The van der Waals surface area contributed by atoms with Crippen molar-refractivity contribution in [3.05, 3.63) is 0 Å². The maximum atomic E-state index is 4.37. The highest BCUT2D eigenvalue weighted by Crippen LogP contribution is 2.34. The van der Waals surface area contributed by atoms with E-state index in [-0.39, 0.29) is 0 Å². The molecule has 0 radical (unpaired) electrons. The number of piperidine rings is 1. The summed E-state index contributed by atoms with van der Waals surface area (Å²) in [4.78, 5) is 2.69. The van der Waals surface area contributed by atoms with Gasteiger partial charge in [0.15, 0.2) is 0 Å². The summed E-state index contributed by atoms with van der Waals surface area (Å²) in [5.41, 5.74) is 0. The van der Waals surface area contributed by atoms with Crippen LogP contribution in [0.3, 0.4) is 0 Å². The van der Waals surface area contributed by atoms with E-state index in [0.717, 1.165) is 23.5 Å². The van der Waals surface area contributed by atoms with Crippen LogP contribution in [0.25, 0.3) is 0 Å². The minimum atomic E-state index is 0.761. The quantitative estimate of drug-likeness (QED) is 0.706. The van der Waals surface area contributed by atoms with E-state index in [1.54, 1.807) is 0 Å². The third kappa shape index (κ3) is 2.66. The number of hydrogen-bond donors (Lipinski definition) is 1. The molecule has 1 nitrogen and oxygen atoms in total. The van der Waals surface area contributed by atoms with Gasteiger partial charge >= 0.3 is 0 Å². The van der Waals surface area contributed by atoms with Crippen molar-refractivity contribution in [3.63, 3.8) is 0 Å². The van der Waals surface area contributed by atoms with Gasteiger partial charge in [-0.15, -0.1) is 0 Å². The fourth-order valence-corrected chi connectivity index (χ4v) is 3.30. The molecule has 1 aliphatic carbocycles. The van der Waals surface area contributed by atoms with Crippen molar-refractivity contribution in [1.82, 2.24) is 4.90 Å². The molecule has 2 bridgehead atoms. The van der Waals surface area contributed by atoms with Crippen LogP contribution < -0.4 is 0 Å². The van der Waals surface area contributed by atoms with Gasteiger partial charge in [0.25, 0.3) is 0 Å². The van der Waals surface area contributed by atoms with Gasteiger partial charge in [0.1, 0.15) is 0 Å². The van der Waals surface area contributed by atoms with Crippen LogP contribution >= 0.6 is 12.6 Å². The van der Waals surface area contributed by atoms with Gasteiger partial charge in [-0.3, -0.25) is 0 Å². The molecule has 1 saturated carbocycles. The number of thiol groups is 1. The van der Waals surface area contributed by atoms with E-state index in [0.29, 0.717) is 0 Å². The van der Waals surface area contributed by atoms with Gasteiger partial charge in [-0.25, -0.2) is 0 Å². The molecule has 3 atom stereocenters. The van der Waals surface area contributed by atoms with Crippen molar-refractivity contribution in [2.45, 2.75) is 32.6 Å². The Balaban J connectivity index is 1.83. The van der Waals surface area contributed by atoms with Gasteiger partial charge in [-0.2, -0.15) is 12.6 Å². The Bertz CT molecular complexity index is 168. The van der Waals surface area contributed by atoms with Crippen molar-refractivity contribution >= 4 is 12.6 Å². The predicted octanol–water partition coefficient (Wildman–Crippen LogP) is 2.67. The minimum Gasteiger partial charge on any atom is -0.302 e. The fourth-order valence-electron chi connectivity index (χ4n) is 3.19. The first-order valence-corrected chi connectivity index (χ1v) is 6.74. The number of likely N-dealkylation sites (tertiary alicyclic amines) is 1. The summed E-state index contributed by atoms with van der Waals surface area (Å²) in [6, 6.07) is 0. The third-order valence-electron chi connectivity index (χ3n) is 3.81. The number of nitrogens with zero attached hydrogens (tertiary/aromatic N) is 1. The predicted molar refractivity (Wildman–Crippen MR) is 64.9 cm³/mol. The molecular weight excluding hydrogens is 190 g/mol. The molecule has 3 unspecified atom stereocenters. The normalized spacial score (nSPS) is 35.6. The second kappa shape index (κ2) is 4.89. The highest BCUT2D eigenvalue weighted by molar-refractivity contribution is 7.80. The standard InChI is InChI=1S/C12H23NS/c1-10(9-14)6-13-7-11-3-2-4-12(5-11)8-13/h10-12,14H,2-9H2,1H3. The van der Waals surface area contributed by atoms with Crippen molar-refractivity contribution in [2.24, 2.45) is 17.8 Å². The number of hydrogen-bond acceptors (Lipinski definition) is 2. The lowest BCUT2D eigenvalue weighted by molar-refractivity contribution is 0.0780. The van der Waals surface area contributed by atoms with Gasteiger partial charge in [-0.05, 0) is 42.8 Å². The van der Waals surface area contributed by atoms with Crippen LogP contribution in [0.1, 0.15) is 32.6 Å². The molecular formula is C12H23NS. The van der Waals surface area contributed by atoms with Gasteiger partial charge in [0, 0.05) is 19.6 Å². The van der Waals surface area contributed by atoms with Crippen LogP contribution in [0.15, 0.2) is 0 Å². The van der Waals surface area contributed by atoms with E-state index < -0.39 is 0 Å². The fraction of sp³-hybridized carbons (Fsp3) is 1.00. The zero-order chi connectivity index (χ0) is 9.97. The first-order chi connectivity index (χ1) is 6.78. The molecule has 1 heterocycles. The van der Waals surface area contributed by atoms with Gasteiger partial charge in [-0.1, -0.05) is 13.3 Å². The summed E-state index contributed by atoms with van der Waals surface area (Å²) >= 11 is 4.37. The Morgan fingerprint density at radius 2 is 1.93 bits per heavy atom. The average Bonchev–Trinajstić information content (AvgIpc) is 2.17. The minimum absolute atomic E-state index is 0.761. The summed E-state index contributed by atoms with van der Waals surface area (Å²) in [5, 5.41) is 0. The largest absolute Gasteiger partial charge is 0.302 e. The second-order valence-electron chi connectivity index (χ2n) is 5.40. The second-order valence-corrected chi connectivity index (χ2v) is 5.77. The van der Waals surface area contributed by atoms with Crippen molar-refractivity contribution in [1.29, 1.82) is 0 Å². The van der Waals surface area contributed by atoms with Crippen LogP contribution in [-0.4, -0.2) is 30.3 Å². The molecule has 1 aliphatic heterocycles. The van der Waals surface area contributed by atoms with E-state index in [4.69, 9.17) is 0 Å². The lowest BCUT2D eigenvalue weighted by Gasteiger charge is -2.42. The molecule has 2 fully saturated rings. The van der Waals surface area contributed by atoms with Crippen LogP contribution in [0.4, 0.5) is 0 Å². The van der Waals surface area contributed by atoms with Crippen molar-refractivity contribution in [3.8, 4) is 0 Å². The van der Waals surface area contributed by atoms with Crippen LogP contribution in [0.2, 0.25) is 0 Å². The maximum Gasteiger partial charge on any atom is 0.00150 e. The molecule has 0 amide bonds. The van der Waals surface area contributed by atoms with E-state index >= 15 is 0 Å². The topological polar surface area (TPSA) is 3.24 Å². The first-order valence-electron chi connectivity index (χ1n) is 6.11. The van der Waals surface area contributed by atoms with Crippen LogP contribution in [0, 0.1) is 17.8 Å². The molecule has 0 aromatic heterocycles. The Morgan fingerprint density at radius 1 is 1.29 bits per heavy atom. The van der Waals surface area contributed by atoms with Gasteiger partial charge < -0.3 is 4.90 Å². The summed E-state index contributed by atoms with van der Waals surface area (Å²) in [5.74, 6) is 3.84. The molecule has 2 rings (SSSR count). The van der Waals surface area contributed by atoms with Gasteiger partial charge in [0.2, 0.25) is 0 Å². The summed E-state index contributed by atoms with van der Waals surface area (Å²) in [7, 11) is 0. The molecule has 2 heteroatoms. The smallest absolute Gasteiger partial charge is 0.00150 e. The highest BCUT2D eigenvalue weighted by atomic mass is 32.1. The number of rotatable bonds is 3. The summed E-state index contributed by atoms with van der Waals surface area (Å²) in [6.45, 7) is 6.33. The van der Waals surface area contributed by atoms with E-state index in [1.807, 2.05) is 0 Å². The highest BCUT2D eigenvalue weighted by Gasteiger charge is 2.30. The zero-order valence-electron chi connectivity index (χ0n) is 9.28. The molecule has 1 saturated heterocycles. The molecule has 0 spiro atoms. The first kappa shape index (κ1) is 10.8. The third-order valence-corrected chi connectivity index (χ3v) is 4.43. The lowest BCUT2D eigenvalue weighted by Crippen LogP contribution is -2.44. The lowest BCUT2D eigenvalue weighted by atomic mass is 9.78. The molecule has 0 aromatic carbocycles. The Labute approximate surface area is 93.7 Å². The van der Waals surface area contributed by atoms with Gasteiger partial charge in [0.05, 0.1) is 0 Å². The average molecular weight is 213 g/mol. The van der Waals surface area contributed by atoms with E-state index in [1.165, 1.54) is 45.3 Å².